The van der Waals surface area contributed by atoms with Crippen molar-refractivity contribution in [2.75, 3.05) is 26.2 Å². The van der Waals surface area contributed by atoms with Crippen LogP contribution < -0.4 is 5.32 Å². The molecule has 0 saturated carbocycles. The summed E-state index contributed by atoms with van der Waals surface area (Å²) in [7, 11) is 0. The molecule has 2 heteroatoms. The van der Waals surface area contributed by atoms with Gasteiger partial charge in [-0.25, -0.2) is 0 Å². The third kappa shape index (κ3) is 2.46. The molecule has 0 amide bonds. The SMILES string of the molecule is C1CCN([C@H]2CCNC2)C1.CC. The molecule has 2 aliphatic heterocycles. The fourth-order valence-electron chi connectivity index (χ4n) is 2.06. The molecular weight excluding hydrogens is 148 g/mol. The van der Waals surface area contributed by atoms with Crippen LogP contribution in [0.2, 0.25) is 0 Å². The second kappa shape index (κ2) is 5.55. The van der Waals surface area contributed by atoms with E-state index in [2.05, 4.69) is 10.2 Å². The second-order valence-corrected chi connectivity index (χ2v) is 3.39. The average Bonchev–Trinajstić information content (AvgIpc) is 2.80. The van der Waals surface area contributed by atoms with E-state index >= 15 is 0 Å². The summed E-state index contributed by atoms with van der Waals surface area (Å²) in [5, 5.41) is 3.41. The molecule has 1 atom stereocenters. The highest BCUT2D eigenvalue weighted by molar-refractivity contribution is 4.82. The van der Waals surface area contributed by atoms with E-state index in [1.165, 1.54) is 45.4 Å². The van der Waals surface area contributed by atoms with Crippen LogP contribution in [0.25, 0.3) is 0 Å². The quantitative estimate of drug-likeness (QED) is 0.641. The van der Waals surface area contributed by atoms with Crippen LogP contribution in [0.5, 0.6) is 0 Å². The lowest BCUT2D eigenvalue weighted by molar-refractivity contribution is 0.258. The molecule has 2 fully saturated rings. The molecule has 0 bridgehead atoms. The van der Waals surface area contributed by atoms with E-state index in [1.807, 2.05) is 13.8 Å². The van der Waals surface area contributed by atoms with E-state index in [4.69, 9.17) is 0 Å². The van der Waals surface area contributed by atoms with Gasteiger partial charge < -0.3 is 5.32 Å². The van der Waals surface area contributed by atoms with Crippen LogP contribution in [0.4, 0.5) is 0 Å². The monoisotopic (exact) mass is 170 g/mol. The number of rotatable bonds is 1. The zero-order valence-corrected chi connectivity index (χ0v) is 8.47. The molecule has 2 heterocycles. The van der Waals surface area contributed by atoms with Crippen molar-refractivity contribution >= 4 is 0 Å². The minimum atomic E-state index is 0.877. The van der Waals surface area contributed by atoms with Gasteiger partial charge in [-0.3, -0.25) is 4.90 Å². The van der Waals surface area contributed by atoms with Crippen LogP contribution in [0.3, 0.4) is 0 Å². The van der Waals surface area contributed by atoms with Crippen molar-refractivity contribution in [3.8, 4) is 0 Å². The molecular formula is C10H22N2. The van der Waals surface area contributed by atoms with Crippen LogP contribution in [-0.2, 0) is 0 Å². The smallest absolute Gasteiger partial charge is 0.0232 e. The van der Waals surface area contributed by atoms with E-state index in [0.29, 0.717) is 0 Å². The Hall–Kier alpha value is -0.0800. The molecule has 2 rings (SSSR count). The summed E-state index contributed by atoms with van der Waals surface area (Å²) in [5.41, 5.74) is 0. The fourth-order valence-corrected chi connectivity index (χ4v) is 2.06. The highest BCUT2D eigenvalue weighted by Crippen LogP contribution is 2.15. The van der Waals surface area contributed by atoms with E-state index < -0.39 is 0 Å². The summed E-state index contributed by atoms with van der Waals surface area (Å²) in [4.78, 5) is 2.64. The van der Waals surface area contributed by atoms with Gasteiger partial charge in [0.2, 0.25) is 0 Å². The first kappa shape index (κ1) is 10.0. The molecule has 0 aromatic rings. The number of nitrogens with zero attached hydrogens (tertiary/aromatic N) is 1. The summed E-state index contributed by atoms with van der Waals surface area (Å²) >= 11 is 0. The first-order chi connectivity index (χ1) is 5.97. The molecule has 1 N–H and O–H groups in total. The van der Waals surface area contributed by atoms with Crippen LogP contribution in [0.15, 0.2) is 0 Å². The predicted molar refractivity (Wildman–Crippen MR) is 53.4 cm³/mol. The maximum atomic E-state index is 3.41. The lowest BCUT2D eigenvalue weighted by Gasteiger charge is -2.21. The second-order valence-electron chi connectivity index (χ2n) is 3.39. The number of likely N-dealkylation sites (tertiary alicyclic amines) is 1. The third-order valence-electron chi connectivity index (χ3n) is 2.69. The molecule has 0 aromatic heterocycles. The van der Waals surface area contributed by atoms with Gasteiger partial charge in [-0.2, -0.15) is 0 Å². The summed E-state index contributed by atoms with van der Waals surface area (Å²) in [5.74, 6) is 0. The van der Waals surface area contributed by atoms with Gasteiger partial charge >= 0.3 is 0 Å². The van der Waals surface area contributed by atoms with E-state index in [1.54, 1.807) is 0 Å². The molecule has 2 saturated heterocycles. The number of nitrogens with one attached hydrogen (secondary N) is 1. The van der Waals surface area contributed by atoms with Gasteiger partial charge in [-0.15, -0.1) is 0 Å². The van der Waals surface area contributed by atoms with Gasteiger partial charge in [0.25, 0.3) is 0 Å². The lowest BCUT2D eigenvalue weighted by atomic mass is 10.2. The van der Waals surface area contributed by atoms with E-state index in [-0.39, 0.29) is 0 Å². The fraction of sp³-hybridized carbons (Fsp3) is 1.00. The number of hydrogen-bond acceptors (Lipinski definition) is 2. The Labute approximate surface area is 76.3 Å². The topological polar surface area (TPSA) is 15.3 Å². The van der Waals surface area contributed by atoms with Crippen molar-refractivity contribution in [1.29, 1.82) is 0 Å². The maximum Gasteiger partial charge on any atom is 0.0232 e. The van der Waals surface area contributed by atoms with Crippen LogP contribution >= 0.6 is 0 Å². The molecule has 2 nitrogen and oxygen atoms in total. The minimum Gasteiger partial charge on any atom is -0.315 e. The van der Waals surface area contributed by atoms with Crippen molar-refractivity contribution in [3.63, 3.8) is 0 Å². The highest BCUT2D eigenvalue weighted by Gasteiger charge is 2.23. The Kier molecular flexibility index (Phi) is 4.62. The van der Waals surface area contributed by atoms with Gasteiger partial charge in [-0.05, 0) is 38.9 Å². The largest absolute Gasteiger partial charge is 0.315 e. The molecule has 0 radical (unpaired) electrons. The minimum absolute atomic E-state index is 0.877. The van der Waals surface area contributed by atoms with Crippen LogP contribution in [-0.4, -0.2) is 37.1 Å². The first-order valence-corrected chi connectivity index (χ1v) is 5.41. The first-order valence-electron chi connectivity index (χ1n) is 5.41. The van der Waals surface area contributed by atoms with Crippen molar-refractivity contribution in [2.45, 2.75) is 39.2 Å². The van der Waals surface area contributed by atoms with Crippen LogP contribution in [0.1, 0.15) is 33.1 Å². The Morgan fingerprint density at radius 2 is 1.83 bits per heavy atom. The van der Waals surface area contributed by atoms with Crippen molar-refractivity contribution < 1.29 is 0 Å². The molecule has 0 unspecified atom stereocenters. The van der Waals surface area contributed by atoms with E-state index in [9.17, 15) is 0 Å². The maximum absolute atomic E-state index is 3.41. The summed E-state index contributed by atoms with van der Waals surface area (Å²) in [6.45, 7) is 9.18. The van der Waals surface area contributed by atoms with Crippen molar-refractivity contribution in [2.24, 2.45) is 0 Å². The normalized spacial score (nSPS) is 30.0. The zero-order valence-electron chi connectivity index (χ0n) is 8.47. The molecule has 0 aromatic carbocycles. The van der Waals surface area contributed by atoms with Gasteiger partial charge in [0.15, 0.2) is 0 Å². The van der Waals surface area contributed by atoms with E-state index in [0.717, 1.165) is 6.04 Å². The summed E-state index contributed by atoms with van der Waals surface area (Å²) < 4.78 is 0. The lowest BCUT2D eigenvalue weighted by Crippen LogP contribution is -2.34. The zero-order chi connectivity index (χ0) is 8.81. The van der Waals surface area contributed by atoms with Gasteiger partial charge in [0.05, 0.1) is 0 Å². The molecule has 2 aliphatic rings. The number of hydrogen-bond donors (Lipinski definition) is 1. The van der Waals surface area contributed by atoms with Crippen molar-refractivity contribution in [1.82, 2.24) is 10.2 Å². The summed E-state index contributed by atoms with van der Waals surface area (Å²) in [6, 6.07) is 0.877. The van der Waals surface area contributed by atoms with Crippen molar-refractivity contribution in [3.05, 3.63) is 0 Å². The van der Waals surface area contributed by atoms with Gasteiger partial charge in [0.1, 0.15) is 0 Å². The Morgan fingerprint density at radius 3 is 2.33 bits per heavy atom. The predicted octanol–water partition coefficient (Wildman–Crippen LogP) is 1.47. The Morgan fingerprint density at radius 1 is 1.17 bits per heavy atom. The molecule has 72 valence electrons. The van der Waals surface area contributed by atoms with Gasteiger partial charge in [0, 0.05) is 12.6 Å². The average molecular weight is 170 g/mol. The molecule has 12 heavy (non-hydrogen) atoms. The van der Waals surface area contributed by atoms with Gasteiger partial charge in [-0.1, -0.05) is 13.8 Å². The Bertz CT molecular complexity index is 88.4. The third-order valence-corrected chi connectivity index (χ3v) is 2.69. The molecule has 0 spiro atoms. The Balaban J connectivity index is 0.000000336. The van der Waals surface area contributed by atoms with Crippen LogP contribution in [0, 0.1) is 0 Å². The molecule has 0 aliphatic carbocycles. The standard InChI is InChI=1S/C8H16N2.C2H6/c1-2-6-10(5-1)8-3-4-9-7-8;1-2/h8-9H,1-7H2;1-2H3/t8-;/m0./s1. The highest BCUT2D eigenvalue weighted by atomic mass is 15.2. The summed E-state index contributed by atoms with van der Waals surface area (Å²) in [6.07, 6.45) is 4.23.